The fraction of sp³-hybridized carbons (Fsp3) is 0.391. The van der Waals surface area contributed by atoms with Crippen molar-refractivity contribution in [1.29, 1.82) is 0 Å². The van der Waals surface area contributed by atoms with Crippen LogP contribution in [0.5, 0.6) is 11.5 Å². The standard InChI is InChI=1S/C23H27NO2/c1-3-14-26-16-12-13-21-20(15-16)17-9-7-10-18(17)23(24-21)19-8-5-6-11-22(19)25-4-2/h5-9,11-13,15,17-18,23-24H,3-4,10,14H2,1-2H3. The van der Waals surface area contributed by atoms with Crippen molar-refractivity contribution < 1.29 is 9.47 Å². The van der Waals surface area contributed by atoms with E-state index in [1.807, 2.05) is 13.0 Å². The molecule has 0 saturated heterocycles. The van der Waals surface area contributed by atoms with Gasteiger partial charge in [0.25, 0.3) is 0 Å². The summed E-state index contributed by atoms with van der Waals surface area (Å²) in [7, 11) is 0. The van der Waals surface area contributed by atoms with Crippen LogP contribution in [0.15, 0.2) is 54.6 Å². The normalized spacial score (nSPS) is 23.1. The fourth-order valence-electron chi connectivity index (χ4n) is 4.21. The third-order valence-corrected chi connectivity index (χ3v) is 5.36. The highest BCUT2D eigenvalue weighted by Crippen LogP contribution is 2.51. The van der Waals surface area contributed by atoms with Gasteiger partial charge in [-0.1, -0.05) is 37.3 Å². The van der Waals surface area contributed by atoms with Crippen LogP contribution in [0.4, 0.5) is 5.69 Å². The predicted molar refractivity (Wildman–Crippen MR) is 106 cm³/mol. The van der Waals surface area contributed by atoms with Gasteiger partial charge >= 0.3 is 0 Å². The maximum absolute atomic E-state index is 5.91. The van der Waals surface area contributed by atoms with E-state index in [1.165, 1.54) is 16.8 Å². The first-order valence-corrected chi connectivity index (χ1v) is 9.73. The summed E-state index contributed by atoms with van der Waals surface area (Å²) in [5.41, 5.74) is 3.81. The van der Waals surface area contributed by atoms with Crippen molar-refractivity contribution in [2.45, 2.75) is 38.6 Å². The number of ether oxygens (including phenoxy) is 2. The quantitative estimate of drug-likeness (QED) is 0.679. The van der Waals surface area contributed by atoms with E-state index in [-0.39, 0.29) is 6.04 Å². The van der Waals surface area contributed by atoms with Gasteiger partial charge in [-0.05, 0) is 55.5 Å². The Morgan fingerprint density at radius 1 is 1.04 bits per heavy atom. The molecule has 0 saturated carbocycles. The number of benzene rings is 2. The van der Waals surface area contributed by atoms with Crippen molar-refractivity contribution in [2.75, 3.05) is 18.5 Å². The Labute approximate surface area is 156 Å². The van der Waals surface area contributed by atoms with Crippen LogP contribution < -0.4 is 14.8 Å². The highest BCUT2D eigenvalue weighted by molar-refractivity contribution is 5.62. The second kappa shape index (κ2) is 7.45. The van der Waals surface area contributed by atoms with Gasteiger partial charge in [0, 0.05) is 17.2 Å². The van der Waals surface area contributed by atoms with Crippen LogP contribution >= 0.6 is 0 Å². The Morgan fingerprint density at radius 3 is 2.77 bits per heavy atom. The lowest BCUT2D eigenvalue weighted by Crippen LogP contribution is -2.29. The molecule has 1 heterocycles. The van der Waals surface area contributed by atoms with E-state index >= 15 is 0 Å². The van der Waals surface area contributed by atoms with Crippen LogP contribution in [0.3, 0.4) is 0 Å². The summed E-state index contributed by atoms with van der Waals surface area (Å²) in [6.45, 7) is 5.62. The van der Waals surface area contributed by atoms with E-state index in [1.54, 1.807) is 0 Å². The van der Waals surface area contributed by atoms with Gasteiger partial charge in [0.1, 0.15) is 11.5 Å². The Hall–Kier alpha value is -2.42. The molecule has 2 aliphatic rings. The molecule has 136 valence electrons. The number of allylic oxidation sites excluding steroid dienone is 2. The second-order valence-corrected chi connectivity index (χ2v) is 7.04. The molecule has 1 aliphatic heterocycles. The molecule has 2 aromatic rings. The first kappa shape index (κ1) is 17.0. The van der Waals surface area contributed by atoms with Crippen molar-refractivity contribution >= 4 is 5.69 Å². The molecule has 3 unspecified atom stereocenters. The molecule has 3 heteroatoms. The first-order chi connectivity index (χ1) is 12.8. The van der Waals surface area contributed by atoms with Crippen LogP contribution in [-0.4, -0.2) is 13.2 Å². The van der Waals surface area contributed by atoms with Crippen molar-refractivity contribution in [1.82, 2.24) is 0 Å². The third kappa shape index (κ3) is 3.07. The molecular formula is C23H27NO2. The Balaban J connectivity index is 1.69. The molecule has 0 bridgehead atoms. The zero-order valence-electron chi connectivity index (χ0n) is 15.6. The second-order valence-electron chi connectivity index (χ2n) is 7.04. The number of rotatable bonds is 6. The van der Waals surface area contributed by atoms with Crippen molar-refractivity contribution in [3.05, 3.63) is 65.7 Å². The van der Waals surface area contributed by atoms with Crippen molar-refractivity contribution in [3.63, 3.8) is 0 Å². The van der Waals surface area contributed by atoms with Gasteiger partial charge in [-0.2, -0.15) is 0 Å². The molecule has 3 nitrogen and oxygen atoms in total. The molecule has 3 atom stereocenters. The van der Waals surface area contributed by atoms with Crippen molar-refractivity contribution in [2.24, 2.45) is 5.92 Å². The minimum Gasteiger partial charge on any atom is -0.494 e. The van der Waals surface area contributed by atoms with Gasteiger partial charge in [-0.15, -0.1) is 0 Å². The zero-order chi connectivity index (χ0) is 17.9. The van der Waals surface area contributed by atoms with E-state index in [0.717, 1.165) is 30.9 Å². The average Bonchev–Trinajstić information content (AvgIpc) is 3.17. The molecule has 0 aromatic heterocycles. The number of para-hydroxylation sites is 1. The highest BCUT2D eigenvalue weighted by Gasteiger charge is 2.39. The molecule has 0 radical (unpaired) electrons. The zero-order valence-corrected chi connectivity index (χ0v) is 15.6. The minimum absolute atomic E-state index is 0.257. The summed E-state index contributed by atoms with van der Waals surface area (Å²) in [6.07, 6.45) is 6.80. The molecule has 26 heavy (non-hydrogen) atoms. The Bertz CT molecular complexity index is 799. The van der Waals surface area contributed by atoms with Crippen LogP contribution in [0, 0.1) is 5.92 Å². The van der Waals surface area contributed by atoms with Gasteiger partial charge < -0.3 is 14.8 Å². The molecule has 1 N–H and O–H groups in total. The molecule has 0 spiro atoms. The SMILES string of the molecule is CCCOc1ccc2c(c1)C1C=CCC1C(c1ccccc1OCC)N2. The van der Waals surface area contributed by atoms with E-state index < -0.39 is 0 Å². The van der Waals surface area contributed by atoms with Crippen LogP contribution in [0.1, 0.15) is 49.8 Å². The fourth-order valence-corrected chi connectivity index (χ4v) is 4.21. The number of hydrogen-bond donors (Lipinski definition) is 1. The van der Waals surface area contributed by atoms with Gasteiger partial charge in [0.2, 0.25) is 0 Å². The number of hydrogen-bond acceptors (Lipinski definition) is 3. The number of nitrogens with one attached hydrogen (secondary N) is 1. The lowest BCUT2D eigenvalue weighted by atomic mass is 9.77. The minimum atomic E-state index is 0.257. The molecule has 2 aromatic carbocycles. The average molecular weight is 349 g/mol. The highest BCUT2D eigenvalue weighted by atomic mass is 16.5. The Kier molecular flexibility index (Phi) is 4.87. The third-order valence-electron chi connectivity index (χ3n) is 5.36. The summed E-state index contributed by atoms with van der Waals surface area (Å²) in [5.74, 6) is 2.89. The lowest BCUT2D eigenvalue weighted by Gasteiger charge is -2.38. The molecular weight excluding hydrogens is 322 g/mol. The largest absolute Gasteiger partial charge is 0.494 e. The van der Waals surface area contributed by atoms with Gasteiger partial charge in [0.05, 0.1) is 19.3 Å². The molecule has 1 aliphatic carbocycles. The summed E-state index contributed by atoms with van der Waals surface area (Å²) < 4.78 is 11.8. The van der Waals surface area contributed by atoms with Crippen LogP contribution in [0.25, 0.3) is 0 Å². The van der Waals surface area contributed by atoms with Gasteiger partial charge in [-0.25, -0.2) is 0 Å². The van der Waals surface area contributed by atoms with E-state index in [9.17, 15) is 0 Å². The topological polar surface area (TPSA) is 30.5 Å². The maximum Gasteiger partial charge on any atom is 0.124 e. The predicted octanol–water partition coefficient (Wildman–Crippen LogP) is 5.70. The Morgan fingerprint density at radius 2 is 1.92 bits per heavy atom. The van der Waals surface area contributed by atoms with Crippen LogP contribution in [0.2, 0.25) is 0 Å². The van der Waals surface area contributed by atoms with Gasteiger partial charge in [0.15, 0.2) is 0 Å². The number of fused-ring (bicyclic) bond motifs is 3. The van der Waals surface area contributed by atoms with E-state index in [0.29, 0.717) is 18.4 Å². The molecule has 0 amide bonds. The maximum atomic E-state index is 5.91. The van der Waals surface area contributed by atoms with Crippen LogP contribution in [-0.2, 0) is 0 Å². The lowest BCUT2D eigenvalue weighted by molar-refractivity contribution is 0.315. The van der Waals surface area contributed by atoms with Crippen molar-refractivity contribution in [3.8, 4) is 11.5 Å². The molecule has 4 rings (SSSR count). The first-order valence-electron chi connectivity index (χ1n) is 9.73. The summed E-state index contributed by atoms with van der Waals surface area (Å²) in [6, 6.07) is 15.1. The van der Waals surface area contributed by atoms with Gasteiger partial charge in [-0.3, -0.25) is 0 Å². The number of anilines is 1. The summed E-state index contributed by atoms with van der Waals surface area (Å²) >= 11 is 0. The summed E-state index contributed by atoms with van der Waals surface area (Å²) in [5, 5.41) is 3.79. The summed E-state index contributed by atoms with van der Waals surface area (Å²) in [4.78, 5) is 0. The van der Waals surface area contributed by atoms with E-state index in [4.69, 9.17) is 9.47 Å². The molecule has 0 fully saturated rings. The van der Waals surface area contributed by atoms with E-state index in [2.05, 4.69) is 60.8 Å². The monoisotopic (exact) mass is 349 g/mol. The smallest absolute Gasteiger partial charge is 0.124 e.